The number of rotatable bonds is 29. The van der Waals surface area contributed by atoms with Crippen LogP contribution in [-0.4, -0.2) is 27.3 Å². The van der Waals surface area contributed by atoms with Gasteiger partial charge in [0.1, 0.15) is 0 Å². The first-order chi connectivity index (χ1) is 17.2. The van der Waals surface area contributed by atoms with E-state index >= 15 is 0 Å². The zero-order chi connectivity index (χ0) is 25.9. The molecule has 1 atom stereocenters. The second-order valence-corrected chi connectivity index (χ2v) is 10.9. The standard InChI is InChI=1S/C32H66O3/c1-6-8-10-12-14-15-16-17-18-19-20-21-22-23-24-26-28-30-31(32(33-3,34-4)35-5)29-27-25-13-11-9-7-2/h31H,6-30H2,1-5H3. The first-order valence-corrected chi connectivity index (χ1v) is 15.9. The highest BCUT2D eigenvalue weighted by Crippen LogP contribution is 2.33. The van der Waals surface area contributed by atoms with Crippen molar-refractivity contribution in [2.24, 2.45) is 5.92 Å². The summed E-state index contributed by atoms with van der Waals surface area (Å²) in [5.74, 6) is -0.566. The lowest BCUT2D eigenvalue weighted by Gasteiger charge is -2.36. The lowest BCUT2D eigenvalue weighted by molar-refractivity contribution is -0.380. The maximum Gasteiger partial charge on any atom is 0.285 e. The molecular formula is C32H66O3. The molecule has 0 aromatic rings. The molecule has 0 aromatic carbocycles. The van der Waals surface area contributed by atoms with Crippen molar-refractivity contribution >= 4 is 0 Å². The Labute approximate surface area is 221 Å². The normalized spacial score (nSPS) is 12.9. The lowest BCUT2D eigenvalue weighted by Crippen LogP contribution is -2.44. The van der Waals surface area contributed by atoms with Crippen LogP contribution >= 0.6 is 0 Å². The number of methoxy groups -OCH3 is 3. The summed E-state index contributed by atoms with van der Waals surface area (Å²) in [6, 6.07) is 0. The molecule has 3 heteroatoms. The Balaban J connectivity index is 3.79. The summed E-state index contributed by atoms with van der Waals surface area (Å²) in [5, 5.41) is 0. The van der Waals surface area contributed by atoms with E-state index < -0.39 is 5.97 Å². The average Bonchev–Trinajstić information content (AvgIpc) is 2.88. The van der Waals surface area contributed by atoms with Gasteiger partial charge in [-0.15, -0.1) is 0 Å². The number of hydrogen-bond acceptors (Lipinski definition) is 3. The summed E-state index contributed by atoms with van der Waals surface area (Å²) in [6.07, 6.45) is 34.2. The molecule has 0 spiro atoms. The first kappa shape index (κ1) is 34.9. The van der Waals surface area contributed by atoms with Gasteiger partial charge >= 0.3 is 0 Å². The Morgan fingerprint density at radius 3 is 0.829 bits per heavy atom. The molecule has 0 saturated heterocycles. The zero-order valence-corrected chi connectivity index (χ0v) is 25.0. The third kappa shape index (κ3) is 19.6. The number of hydrogen-bond donors (Lipinski definition) is 0. The van der Waals surface area contributed by atoms with Crippen molar-refractivity contribution in [2.45, 2.75) is 180 Å². The van der Waals surface area contributed by atoms with Crippen molar-refractivity contribution < 1.29 is 14.2 Å². The summed E-state index contributed by atoms with van der Waals surface area (Å²) in [7, 11) is 5.15. The van der Waals surface area contributed by atoms with Crippen LogP contribution in [0.3, 0.4) is 0 Å². The molecule has 0 aliphatic rings. The minimum Gasteiger partial charge on any atom is -0.331 e. The molecule has 0 rings (SSSR count). The molecule has 0 radical (unpaired) electrons. The topological polar surface area (TPSA) is 27.7 Å². The van der Waals surface area contributed by atoms with Crippen LogP contribution in [0.25, 0.3) is 0 Å². The molecule has 0 aliphatic carbocycles. The van der Waals surface area contributed by atoms with Crippen LogP contribution < -0.4 is 0 Å². The smallest absolute Gasteiger partial charge is 0.285 e. The van der Waals surface area contributed by atoms with Gasteiger partial charge in [0.05, 0.1) is 0 Å². The molecule has 212 valence electrons. The van der Waals surface area contributed by atoms with Gasteiger partial charge in [0.15, 0.2) is 0 Å². The Morgan fingerprint density at radius 2 is 0.600 bits per heavy atom. The van der Waals surface area contributed by atoms with Gasteiger partial charge in [-0.25, -0.2) is 0 Å². The predicted octanol–water partition coefficient (Wildman–Crippen LogP) is 11.0. The molecule has 35 heavy (non-hydrogen) atoms. The van der Waals surface area contributed by atoms with Crippen LogP contribution in [0.1, 0.15) is 174 Å². The van der Waals surface area contributed by atoms with Gasteiger partial charge in [0, 0.05) is 27.2 Å². The maximum atomic E-state index is 5.73. The third-order valence-corrected chi connectivity index (χ3v) is 7.92. The highest BCUT2D eigenvalue weighted by molar-refractivity contribution is 4.72. The van der Waals surface area contributed by atoms with Crippen molar-refractivity contribution in [3.05, 3.63) is 0 Å². The highest BCUT2D eigenvalue weighted by atomic mass is 16.9. The van der Waals surface area contributed by atoms with Crippen molar-refractivity contribution in [3.8, 4) is 0 Å². The Hall–Kier alpha value is -0.120. The SMILES string of the molecule is CCCCCCCCCCCCCCCCCCCC(CCCCCCCC)C(OC)(OC)OC. The van der Waals surface area contributed by atoms with Gasteiger partial charge in [-0.3, -0.25) is 0 Å². The molecule has 0 fully saturated rings. The highest BCUT2D eigenvalue weighted by Gasteiger charge is 2.39. The van der Waals surface area contributed by atoms with Crippen LogP contribution in [-0.2, 0) is 14.2 Å². The van der Waals surface area contributed by atoms with E-state index in [-0.39, 0.29) is 0 Å². The van der Waals surface area contributed by atoms with Crippen molar-refractivity contribution in [1.29, 1.82) is 0 Å². The Kier molecular flexibility index (Phi) is 26.8. The van der Waals surface area contributed by atoms with E-state index in [1.54, 1.807) is 21.3 Å². The molecule has 0 heterocycles. The molecule has 0 N–H and O–H groups in total. The van der Waals surface area contributed by atoms with Crippen LogP contribution in [0.5, 0.6) is 0 Å². The summed E-state index contributed by atoms with van der Waals surface area (Å²) in [4.78, 5) is 0. The van der Waals surface area contributed by atoms with Crippen LogP contribution in [0.15, 0.2) is 0 Å². The fourth-order valence-electron chi connectivity index (χ4n) is 5.53. The molecular weight excluding hydrogens is 432 g/mol. The molecule has 0 saturated carbocycles. The van der Waals surface area contributed by atoms with E-state index in [0.717, 1.165) is 12.8 Å². The van der Waals surface area contributed by atoms with E-state index in [1.165, 1.54) is 148 Å². The number of unbranched alkanes of at least 4 members (excludes halogenated alkanes) is 21. The van der Waals surface area contributed by atoms with E-state index in [4.69, 9.17) is 14.2 Å². The quantitative estimate of drug-likeness (QED) is 0.0758. The van der Waals surface area contributed by atoms with Crippen LogP contribution in [0.4, 0.5) is 0 Å². The average molecular weight is 499 g/mol. The molecule has 0 bridgehead atoms. The minimum atomic E-state index is -0.877. The third-order valence-electron chi connectivity index (χ3n) is 7.92. The van der Waals surface area contributed by atoms with Crippen molar-refractivity contribution in [2.75, 3.05) is 21.3 Å². The fourth-order valence-corrected chi connectivity index (χ4v) is 5.53. The second-order valence-electron chi connectivity index (χ2n) is 10.9. The minimum absolute atomic E-state index is 0.310. The van der Waals surface area contributed by atoms with Crippen molar-refractivity contribution in [3.63, 3.8) is 0 Å². The molecule has 0 amide bonds. The van der Waals surface area contributed by atoms with Gasteiger partial charge < -0.3 is 14.2 Å². The molecule has 3 nitrogen and oxygen atoms in total. The van der Waals surface area contributed by atoms with Gasteiger partial charge in [-0.05, 0) is 12.8 Å². The fraction of sp³-hybridized carbons (Fsp3) is 1.00. The summed E-state index contributed by atoms with van der Waals surface area (Å²) in [6.45, 7) is 4.57. The summed E-state index contributed by atoms with van der Waals surface area (Å²) in [5.41, 5.74) is 0. The largest absolute Gasteiger partial charge is 0.331 e. The predicted molar refractivity (Wildman–Crippen MR) is 154 cm³/mol. The van der Waals surface area contributed by atoms with E-state index in [9.17, 15) is 0 Å². The van der Waals surface area contributed by atoms with Gasteiger partial charge in [-0.1, -0.05) is 162 Å². The van der Waals surface area contributed by atoms with Crippen molar-refractivity contribution in [1.82, 2.24) is 0 Å². The summed E-state index contributed by atoms with van der Waals surface area (Å²) >= 11 is 0. The second kappa shape index (κ2) is 26.9. The van der Waals surface area contributed by atoms with E-state index in [2.05, 4.69) is 13.8 Å². The zero-order valence-electron chi connectivity index (χ0n) is 25.0. The van der Waals surface area contributed by atoms with Gasteiger partial charge in [-0.2, -0.15) is 0 Å². The first-order valence-electron chi connectivity index (χ1n) is 15.9. The van der Waals surface area contributed by atoms with Crippen LogP contribution in [0.2, 0.25) is 0 Å². The summed E-state index contributed by atoms with van der Waals surface area (Å²) < 4.78 is 17.2. The maximum absolute atomic E-state index is 5.73. The van der Waals surface area contributed by atoms with Crippen LogP contribution in [0, 0.1) is 5.92 Å². The number of ether oxygens (including phenoxy) is 3. The molecule has 0 aliphatic heterocycles. The van der Waals surface area contributed by atoms with Gasteiger partial charge in [0.2, 0.25) is 0 Å². The lowest BCUT2D eigenvalue weighted by atomic mass is 9.91. The molecule has 0 aromatic heterocycles. The van der Waals surface area contributed by atoms with E-state index in [0.29, 0.717) is 5.92 Å². The molecule has 1 unspecified atom stereocenters. The monoisotopic (exact) mass is 499 g/mol. The van der Waals surface area contributed by atoms with E-state index in [1.807, 2.05) is 0 Å². The Morgan fingerprint density at radius 1 is 0.371 bits per heavy atom. The van der Waals surface area contributed by atoms with Gasteiger partial charge in [0.25, 0.3) is 5.97 Å². The Bertz CT molecular complexity index is 386.